The maximum absolute atomic E-state index is 12.1. The van der Waals surface area contributed by atoms with Crippen molar-refractivity contribution in [3.8, 4) is 11.5 Å². The molecule has 0 aliphatic carbocycles. The number of nitrogens with one attached hydrogen (secondary N) is 1. The molecule has 0 saturated heterocycles. The molecule has 0 fully saturated rings. The van der Waals surface area contributed by atoms with E-state index in [1.165, 1.54) is 23.2 Å². The summed E-state index contributed by atoms with van der Waals surface area (Å²) in [5.41, 5.74) is 2.71. The summed E-state index contributed by atoms with van der Waals surface area (Å²) in [6.45, 7) is 2.95. The number of aryl methyl sites for hydroxylation is 1. The van der Waals surface area contributed by atoms with Gasteiger partial charge in [0.05, 0.1) is 18.6 Å². The molecule has 32 heavy (non-hydrogen) atoms. The van der Waals surface area contributed by atoms with E-state index in [0.29, 0.717) is 25.4 Å². The van der Waals surface area contributed by atoms with Crippen molar-refractivity contribution in [3.63, 3.8) is 0 Å². The number of methoxy groups -OCH3 is 1. The minimum Gasteiger partial charge on any atom is -0.496 e. The first-order valence-electron chi connectivity index (χ1n) is 9.94. The molecule has 0 aliphatic heterocycles. The van der Waals surface area contributed by atoms with Crippen LogP contribution in [0, 0.1) is 17.0 Å². The fourth-order valence-electron chi connectivity index (χ4n) is 2.97. The minimum absolute atomic E-state index is 0.0853. The maximum atomic E-state index is 12.1. The zero-order valence-corrected chi connectivity index (χ0v) is 17.9. The number of hydrogen-bond donors (Lipinski definition) is 1. The topological polar surface area (TPSA) is 109 Å². The third-order valence-corrected chi connectivity index (χ3v) is 4.59. The highest BCUT2D eigenvalue weighted by molar-refractivity contribution is 5.91. The molecular formula is C23H24N4O5. The molecule has 1 amide bonds. The molecule has 1 aromatic heterocycles. The number of rotatable bonds is 10. The summed E-state index contributed by atoms with van der Waals surface area (Å²) < 4.78 is 12.7. The van der Waals surface area contributed by atoms with Crippen molar-refractivity contribution in [1.82, 2.24) is 15.1 Å². The van der Waals surface area contributed by atoms with Gasteiger partial charge < -0.3 is 14.8 Å². The Hall–Kier alpha value is -4.14. The van der Waals surface area contributed by atoms with Crippen molar-refractivity contribution in [2.45, 2.75) is 20.1 Å². The molecule has 0 atom stereocenters. The number of carbonyl (C=O) groups is 1. The molecule has 0 saturated carbocycles. The first-order valence-corrected chi connectivity index (χ1v) is 9.94. The molecule has 0 bridgehead atoms. The molecule has 0 aliphatic rings. The van der Waals surface area contributed by atoms with E-state index < -0.39 is 4.92 Å². The van der Waals surface area contributed by atoms with Gasteiger partial charge in [-0.2, -0.15) is 5.10 Å². The highest BCUT2D eigenvalue weighted by atomic mass is 16.6. The number of amides is 1. The van der Waals surface area contributed by atoms with Crippen LogP contribution in [0.25, 0.3) is 6.08 Å². The quantitative estimate of drug-likeness (QED) is 0.296. The molecule has 1 N–H and O–H groups in total. The largest absolute Gasteiger partial charge is 0.496 e. The number of benzene rings is 2. The van der Waals surface area contributed by atoms with Gasteiger partial charge >= 0.3 is 5.69 Å². The van der Waals surface area contributed by atoms with Crippen molar-refractivity contribution >= 4 is 17.7 Å². The lowest BCUT2D eigenvalue weighted by Gasteiger charge is -2.11. The van der Waals surface area contributed by atoms with Crippen LogP contribution in [0.2, 0.25) is 0 Å². The van der Waals surface area contributed by atoms with Crippen molar-refractivity contribution in [2.24, 2.45) is 0 Å². The Morgan fingerprint density at radius 3 is 2.84 bits per heavy atom. The predicted octanol–water partition coefficient (Wildman–Crippen LogP) is 3.52. The van der Waals surface area contributed by atoms with E-state index in [1.807, 2.05) is 49.4 Å². The van der Waals surface area contributed by atoms with Gasteiger partial charge in [-0.3, -0.25) is 19.6 Å². The van der Waals surface area contributed by atoms with Crippen LogP contribution in [-0.4, -0.2) is 34.3 Å². The number of ether oxygens (including phenoxy) is 2. The van der Waals surface area contributed by atoms with Crippen LogP contribution in [0.15, 0.2) is 60.9 Å². The summed E-state index contributed by atoms with van der Waals surface area (Å²) in [5.74, 6) is 1.20. The molecule has 2 aromatic carbocycles. The molecule has 0 unspecified atom stereocenters. The molecule has 3 rings (SSSR count). The van der Waals surface area contributed by atoms with Crippen LogP contribution < -0.4 is 14.8 Å². The van der Waals surface area contributed by atoms with Gasteiger partial charge in [0.2, 0.25) is 5.91 Å². The summed E-state index contributed by atoms with van der Waals surface area (Å²) in [4.78, 5) is 22.2. The van der Waals surface area contributed by atoms with Gasteiger partial charge in [-0.1, -0.05) is 18.2 Å². The smallest absolute Gasteiger partial charge is 0.306 e. The number of nitrogens with zero attached hydrogens (tertiary/aromatic N) is 3. The monoisotopic (exact) mass is 436 g/mol. The number of hydrogen-bond acceptors (Lipinski definition) is 6. The Morgan fingerprint density at radius 1 is 1.28 bits per heavy atom. The fourth-order valence-corrected chi connectivity index (χ4v) is 2.97. The van der Waals surface area contributed by atoms with E-state index in [4.69, 9.17) is 9.47 Å². The van der Waals surface area contributed by atoms with Crippen LogP contribution in [0.5, 0.6) is 11.5 Å². The van der Waals surface area contributed by atoms with Crippen LogP contribution in [0.3, 0.4) is 0 Å². The normalized spacial score (nSPS) is 10.8. The van der Waals surface area contributed by atoms with Crippen LogP contribution in [-0.2, 0) is 17.9 Å². The average Bonchev–Trinajstić information content (AvgIpc) is 3.26. The number of aromatic nitrogens is 2. The summed E-state index contributed by atoms with van der Waals surface area (Å²) in [5, 5.41) is 17.3. The van der Waals surface area contributed by atoms with Crippen molar-refractivity contribution in [1.29, 1.82) is 0 Å². The van der Waals surface area contributed by atoms with Gasteiger partial charge in [-0.05, 0) is 48.4 Å². The second kappa shape index (κ2) is 10.8. The summed E-state index contributed by atoms with van der Waals surface area (Å²) in [6.07, 6.45) is 5.62. The van der Waals surface area contributed by atoms with E-state index in [9.17, 15) is 14.9 Å². The van der Waals surface area contributed by atoms with E-state index in [-0.39, 0.29) is 11.6 Å². The van der Waals surface area contributed by atoms with Gasteiger partial charge in [0, 0.05) is 18.2 Å². The summed E-state index contributed by atoms with van der Waals surface area (Å²) in [6, 6.07) is 13.4. The lowest BCUT2D eigenvalue weighted by atomic mass is 10.1. The van der Waals surface area contributed by atoms with Gasteiger partial charge in [-0.15, -0.1) is 0 Å². The molecule has 9 nitrogen and oxygen atoms in total. The van der Waals surface area contributed by atoms with Gasteiger partial charge in [0.15, 0.2) is 0 Å². The highest BCUT2D eigenvalue weighted by Crippen LogP contribution is 2.23. The van der Waals surface area contributed by atoms with E-state index in [1.54, 1.807) is 13.2 Å². The van der Waals surface area contributed by atoms with Crippen molar-refractivity contribution < 1.29 is 19.2 Å². The van der Waals surface area contributed by atoms with E-state index in [0.717, 1.165) is 22.4 Å². The van der Waals surface area contributed by atoms with Gasteiger partial charge in [0.1, 0.15) is 30.5 Å². The zero-order chi connectivity index (χ0) is 22.9. The average molecular weight is 436 g/mol. The molecule has 9 heteroatoms. The molecule has 166 valence electrons. The molecule has 1 heterocycles. The molecule has 3 aromatic rings. The third-order valence-electron chi connectivity index (χ3n) is 4.59. The van der Waals surface area contributed by atoms with Gasteiger partial charge in [-0.25, -0.2) is 0 Å². The molecular weight excluding hydrogens is 412 g/mol. The standard InChI is InChI=1S/C23H24N4O5/c1-17-4-3-5-21(12-17)32-16-19-13-18(6-8-22(19)31-2)7-9-23(28)24-10-11-26-15-20(14-25-26)27(29)30/h3-9,12-15H,10-11,16H2,1-2H3,(H,24,28)/b9-7+. The third kappa shape index (κ3) is 6.43. The van der Waals surface area contributed by atoms with Crippen molar-refractivity contribution in [2.75, 3.05) is 13.7 Å². The van der Waals surface area contributed by atoms with Crippen LogP contribution in [0.4, 0.5) is 5.69 Å². The van der Waals surface area contributed by atoms with Crippen LogP contribution in [0.1, 0.15) is 16.7 Å². The molecule has 0 radical (unpaired) electrons. The highest BCUT2D eigenvalue weighted by Gasteiger charge is 2.09. The van der Waals surface area contributed by atoms with E-state index >= 15 is 0 Å². The Morgan fingerprint density at radius 2 is 2.12 bits per heavy atom. The number of nitro groups is 1. The SMILES string of the molecule is COc1ccc(/C=C/C(=O)NCCn2cc([N+](=O)[O-])cn2)cc1COc1cccc(C)c1. The Balaban J connectivity index is 1.55. The summed E-state index contributed by atoms with van der Waals surface area (Å²) >= 11 is 0. The summed E-state index contributed by atoms with van der Waals surface area (Å²) in [7, 11) is 1.60. The molecule has 0 spiro atoms. The Labute approximate surface area is 185 Å². The minimum atomic E-state index is -0.514. The lowest BCUT2D eigenvalue weighted by molar-refractivity contribution is -0.385. The first kappa shape index (κ1) is 22.5. The Kier molecular flexibility index (Phi) is 7.58. The second-order valence-corrected chi connectivity index (χ2v) is 7.02. The first-order chi connectivity index (χ1) is 15.4. The zero-order valence-electron chi connectivity index (χ0n) is 17.9. The number of carbonyl (C=O) groups excluding carboxylic acids is 1. The Bertz CT molecular complexity index is 1120. The van der Waals surface area contributed by atoms with Crippen molar-refractivity contribution in [3.05, 3.63) is 87.7 Å². The maximum Gasteiger partial charge on any atom is 0.306 e. The van der Waals surface area contributed by atoms with E-state index in [2.05, 4.69) is 10.4 Å². The fraction of sp³-hybridized carbons (Fsp3) is 0.217. The lowest BCUT2D eigenvalue weighted by Crippen LogP contribution is -2.25. The van der Waals surface area contributed by atoms with Gasteiger partial charge in [0.25, 0.3) is 0 Å². The van der Waals surface area contributed by atoms with Crippen LogP contribution >= 0.6 is 0 Å². The predicted molar refractivity (Wildman–Crippen MR) is 119 cm³/mol. The second-order valence-electron chi connectivity index (χ2n) is 7.02.